The summed E-state index contributed by atoms with van der Waals surface area (Å²) in [7, 11) is 0. The van der Waals surface area contributed by atoms with E-state index in [9.17, 15) is 4.79 Å². The molecule has 8 aromatic rings. The van der Waals surface area contributed by atoms with Crippen LogP contribution in [0.5, 0.6) is 0 Å². The number of carbonyl (C=O) groups is 1. The molecule has 0 amide bonds. The molecule has 0 saturated heterocycles. The summed E-state index contributed by atoms with van der Waals surface area (Å²) in [6, 6.07) is 65.0. The van der Waals surface area contributed by atoms with Gasteiger partial charge in [0.2, 0.25) is 0 Å². The minimum absolute atomic E-state index is 0. The second kappa shape index (κ2) is 27.8. The molecule has 6 nitrogen and oxygen atoms in total. The van der Waals surface area contributed by atoms with Crippen LogP contribution in [-0.4, -0.2) is 30.8 Å². The van der Waals surface area contributed by atoms with Crippen molar-refractivity contribution >= 4 is 17.5 Å². The van der Waals surface area contributed by atoms with E-state index in [4.69, 9.17) is 5.11 Å². The van der Waals surface area contributed by atoms with Crippen molar-refractivity contribution in [3.05, 3.63) is 242 Å². The van der Waals surface area contributed by atoms with E-state index < -0.39 is 0 Å². The molecule has 1 aliphatic rings. The fourth-order valence-electron chi connectivity index (χ4n) is 5.27. The molecular weight excluding hydrogens is 1120 g/mol. The van der Waals surface area contributed by atoms with Gasteiger partial charge in [-0.3, -0.25) is 9.78 Å². The van der Waals surface area contributed by atoms with Gasteiger partial charge in [0.15, 0.2) is 5.78 Å². The number of aromatic nitrogens is 4. The average molecular weight is 1160 g/mol. The van der Waals surface area contributed by atoms with Crippen LogP contribution in [0.3, 0.4) is 0 Å². The van der Waals surface area contributed by atoms with Crippen molar-refractivity contribution < 1.29 is 50.1 Å². The molecule has 1 aliphatic heterocycles. The van der Waals surface area contributed by atoms with Gasteiger partial charge in [0.05, 0.1) is 5.76 Å². The number of aliphatic hydroxyl groups is 1. The summed E-state index contributed by atoms with van der Waals surface area (Å²) in [5, 5.41) is 8.74. The quantitative estimate of drug-likeness (QED) is 0.104. The number of pyridine rings is 4. The first kappa shape index (κ1) is 48.6. The summed E-state index contributed by atoms with van der Waals surface area (Å²) in [5.41, 5.74) is 8.50. The van der Waals surface area contributed by atoms with E-state index in [2.05, 4.69) is 74.9 Å². The van der Waals surface area contributed by atoms with Crippen LogP contribution in [0.4, 0.5) is 0 Å². The van der Waals surface area contributed by atoms with Crippen molar-refractivity contribution in [2.24, 2.45) is 0 Å². The Kier molecular flexibility index (Phi) is 22.5. The second-order valence-corrected chi connectivity index (χ2v) is 13.6. The number of aliphatic hydroxyl groups excluding tert-OH is 1. The number of fused-ring (bicyclic) bond motifs is 1. The minimum atomic E-state index is -0.125. The molecule has 4 aromatic carbocycles. The van der Waals surface area contributed by atoms with E-state index in [0.29, 0.717) is 5.25 Å². The molecule has 0 aliphatic carbocycles. The number of carbonyl (C=O) groups excluding carboxylic acids is 1. The fraction of sp³-hybridized carbons (Fsp3) is 0.0588. The average Bonchev–Trinajstić information content (AvgIpc) is 3.74. The molecule has 0 saturated carbocycles. The van der Waals surface area contributed by atoms with Crippen LogP contribution in [0.2, 0.25) is 0 Å². The fourth-order valence-corrected chi connectivity index (χ4v) is 6.45. The maximum Gasteiger partial charge on any atom is 3.00 e. The SMILES string of the molecule is CC(=O)C=C(C)O.[Ir+3].[Ir].[c-]1ccccc1-c1ccccn1.[c-]1ccccc1-c1ccccn1.[c-]1ccccc1-c1ccccn1.c1ccc(C2[CH-]c3ccccc3S2)nc1. The summed E-state index contributed by atoms with van der Waals surface area (Å²) in [6.07, 6.45) is 10.7. The summed E-state index contributed by atoms with van der Waals surface area (Å²) in [4.78, 5) is 28.4. The Morgan fingerprint density at radius 1 is 0.567 bits per heavy atom. The third kappa shape index (κ3) is 17.2. The van der Waals surface area contributed by atoms with Crippen molar-refractivity contribution in [3.63, 3.8) is 0 Å². The van der Waals surface area contributed by atoms with E-state index in [-0.39, 0.29) is 51.8 Å². The maximum atomic E-state index is 10.0. The molecule has 0 spiro atoms. The first-order valence-electron chi connectivity index (χ1n) is 18.5. The van der Waals surface area contributed by atoms with Gasteiger partial charge >= 0.3 is 20.1 Å². The Hall–Kier alpha value is -5.79. The molecule has 9 rings (SSSR count). The Bertz CT molecular complexity index is 2060. The van der Waals surface area contributed by atoms with Crippen molar-refractivity contribution in [3.8, 4) is 33.8 Å². The minimum Gasteiger partial charge on any atom is -0.512 e. The summed E-state index contributed by atoms with van der Waals surface area (Å²) >= 11 is 1.87. The van der Waals surface area contributed by atoms with Gasteiger partial charge in [-0.25, -0.2) is 0 Å². The molecule has 1 radical (unpaired) electrons. The first-order valence-corrected chi connectivity index (χ1v) is 19.4. The zero-order chi connectivity index (χ0) is 40.6. The summed E-state index contributed by atoms with van der Waals surface area (Å²) < 4.78 is 0. The Morgan fingerprint density at radius 3 is 1.28 bits per heavy atom. The summed E-state index contributed by atoms with van der Waals surface area (Å²) in [5.74, 6) is -0.0625. The van der Waals surface area contributed by atoms with Crippen LogP contribution in [0.1, 0.15) is 30.4 Å². The van der Waals surface area contributed by atoms with Gasteiger partial charge in [-0.2, -0.15) is 29.8 Å². The number of ketones is 1. The first-order chi connectivity index (χ1) is 28.5. The van der Waals surface area contributed by atoms with Crippen molar-refractivity contribution in [1.82, 2.24) is 19.9 Å². The number of hydrogen-bond acceptors (Lipinski definition) is 7. The zero-order valence-corrected chi connectivity index (χ0v) is 38.5. The molecule has 303 valence electrons. The molecule has 60 heavy (non-hydrogen) atoms. The largest absolute Gasteiger partial charge is 3.00 e. The van der Waals surface area contributed by atoms with Gasteiger partial charge in [-0.15, -0.1) is 120 Å². The van der Waals surface area contributed by atoms with Crippen LogP contribution in [0.25, 0.3) is 33.8 Å². The number of nitrogens with zero attached hydrogens (tertiary/aromatic N) is 4. The smallest absolute Gasteiger partial charge is 0.512 e. The number of rotatable bonds is 5. The molecule has 1 unspecified atom stereocenters. The van der Waals surface area contributed by atoms with Crippen molar-refractivity contribution in [2.75, 3.05) is 0 Å². The second-order valence-electron chi connectivity index (χ2n) is 12.4. The molecule has 9 heteroatoms. The molecule has 0 bridgehead atoms. The van der Waals surface area contributed by atoms with E-state index in [1.807, 2.05) is 157 Å². The van der Waals surface area contributed by atoms with Crippen LogP contribution in [0, 0.1) is 24.6 Å². The number of allylic oxidation sites excluding steroid dienone is 2. The van der Waals surface area contributed by atoms with E-state index in [1.165, 1.54) is 30.4 Å². The molecule has 0 fully saturated rings. The van der Waals surface area contributed by atoms with Gasteiger partial charge in [-0.1, -0.05) is 53.4 Å². The topological polar surface area (TPSA) is 88.9 Å². The van der Waals surface area contributed by atoms with Gasteiger partial charge in [0.25, 0.3) is 0 Å². The van der Waals surface area contributed by atoms with Crippen molar-refractivity contribution in [1.29, 1.82) is 0 Å². The molecule has 5 heterocycles. The predicted octanol–water partition coefficient (Wildman–Crippen LogP) is 12.2. The number of benzene rings is 4. The molecule has 1 atom stereocenters. The van der Waals surface area contributed by atoms with Crippen LogP contribution < -0.4 is 0 Å². The van der Waals surface area contributed by atoms with Gasteiger partial charge in [0.1, 0.15) is 0 Å². The monoisotopic (exact) mass is 1160 g/mol. The number of thioether (sulfide) groups is 1. The standard InChI is InChI=1S/C13H10NS.3C11H8N.C5H8O2.2Ir/c1-2-7-12-10(5-1)9-13(15-12)11-6-3-4-8-14-11;3*1-2-6-10(7-3-1)11-8-4-5-9-12-11;1-4(6)3-5(2)7;;/h1-9,13H;3*1-6,8-9H;3,6H,1-2H3;;/q4*-1;;;+3. The number of hydrogen-bond donors (Lipinski definition) is 1. The van der Waals surface area contributed by atoms with Crippen LogP contribution in [0.15, 0.2) is 211 Å². The summed E-state index contributed by atoms with van der Waals surface area (Å²) in [6.45, 7) is 2.85. The van der Waals surface area contributed by atoms with Gasteiger partial charge in [-0.05, 0) is 61.3 Å². The van der Waals surface area contributed by atoms with E-state index in [0.717, 1.165) is 39.5 Å². The molecule has 4 aromatic heterocycles. The van der Waals surface area contributed by atoms with Gasteiger partial charge in [0, 0.05) is 61.9 Å². The van der Waals surface area contributed by atoms with E-state index >= 15 is 0 Å². The van der Waals surface area contributed by atoms with E-state index in [1.54, 1.807) is 18.6 Å². The molecule has 1 N–H and O–H groups in total. The normalized spacial score (nSPS) is 11.7. The third-order valence-corrected chi connectivity index (χ3v) is 9.10. The van der Waals surface area contributed by atoms with Crippen LogP contribution >= 0.6 is 11.8 Å². The predicted molar refractivity (Wildman–Crippen MR) is 235 cm³/mol. The Balaban J connectivity index is 0.000000202. The molecular formula is C51H42Ir2N4O2S-. The Morgan fingerprint density at radius 2 is 0.967 bits per heavy atom. The van der Waals surface area contributed by atoms with Gasteiger partial charge < -0.3 is 20.1 Å². The maximum absolute atomic E-state index is 10.0. The van der Waals surface area contributed by atoms with Crippen LogP contribution in [-0.2, 0) is 45.0 Å². The zero-order valence-electron chi connectivity index (χ0n) is 32.9. The van der Waals surface area contributed by atoms with Crippen molar-refractivity contribution in [2.45, 2.75) is 24.0 Å². The third-order valence-electron chi connectivity index (χ3n) is 7.85. The Labute approximate surface area is 385 Å².